The van der Waals surface area contributed by atoms with E-state index in [0.717, 1.165) is 11.4 Å². The molecule has 0 radical (unpaired) electrons. The van der Waals surface area contributed by atoms with E-state index in [4.69, 9.17) is 0 Å². The van der Waals surface area contributed by atoms with E-state index >= 15 is 0 Å². The van der Waals surface area contributed by atoms with Gasteiger partial charge in [0.15, 0.2) is 0 Å². The number of thiazole rings is 1. The van der Waals surface area contributed by atoms with Crippen molar-refractivity contribution >= 4 is 33.7 Å². The molecule has 1 N–H and O–H groups in total. The molecule has 2 aromatic heterocycles. The molecule has 0 saturated heterocycles. The van der Waals surface area contributed by atoms with E-state index in [2.05, 4.69) is 20.5 Å². The lowest BCUT2D eigenvalue weighted by atomic mass is 10.2. The summed E-state index contributed by atoms with van der Waals surface area (Å²) in [7, 11) is 0. The van der Waals surface area contributed by atoms with Crippen molar-refractivity contribution in [3.63, 3.8) is 0 Å². The Balaban J connectivity index is 1.69. The Hall–Kier alpha value is -2.12. The van der Waals surface area contributed by atoms with Gasteiger partial charge in [0.1, 0.15) is 11.2 Å². The number of benzene rings is 1. The molecule has 1 amide bonds. The third kappa shape index (κ3) is 3.06. The number of nitrogens with one attached hydrogen (secondary N) is 1. The SMILES string of the molecule is O=C(Nc1nncs1)c1csc(Cc2ccccc2)n1. The van der Waals surface area contributed by atoms with Crippen molar-refractivity contribution in [1.29, 1.82) is 0 Å². The summed E-state index contributed by atoms with van der Waals surface area (Å²) in [5, 5.41) is 13.3. The Morgan fingerprint density at radius 1 is 1.20 bits per heavy atom. The van der Waals surface area contributed by atoms with E-state index in [1.807, 2.05) is 30.3 Å². The molecule has 7 heteroatoms. The first-order valence-corrected chi connectivity index (χ1v) is 7.63. The van der Waals surface area contributed by atoms with Gasteiger partial charge in [-0.3, -0.25) is 10.1 Å². The highest BCUT2D eigenvalue weighted by Gasteiger charge is 2.12. The van der Waals surface area contributed by atoms with E-state index < -0.39 is 0 Å². The third-order valence-electron chi connectivity index (χ3n) is 2.56. The first-order chi connectivity index (χ1) is 9.81. The van der Waals surface area contributed by atoms with Gasteiger partial charge in [0.2, 0.25) is 5.13 Å². The second kappa shape index (κ2) is 5.89. The van der Waals surface area contributed by atoms with Gasteiger partial charge in [0.05, 0.1) is 5.01 Å². The van der Waals surface area contributed by atoms with Crippen LogP contribution in [-0.4, -0.2) is 21.1 Å². The van der Waals surface area contributed by atoms with Crippen LogP contribution in [0.4, 0.5) is 5.13 Å². The summed E-state index contributed by atoms with van der Waals surface area (Å²) in [6.45, 7) is 0. The van der Waals surface area contributed by atoms with E-state index in [-0.39, 0.29) is 5.91 Å². The molecule has 0 unspecified atom stereocenters. The number of aromatic nitrogens is 3. The fourth-order valence-electron chi connectivity index (χ4n) is 1.66. The summed E-state index contributed by atoms with van der Waals surface area (Å²) in [6.07, 6.45) is 0.734. The molecule has 3 aromatic rings. The van der Waals surface area contributed by atoms with Crippen molar-refractivity contribution in [2.24, 2.45) is 0 Å². The molecule has 20 heavy (non-hydrogen) atoms. The largest absolute Gasteiger partial charge is 0.295 e. The molecular formula is C13H10N4OS2. The Kier molecular flexibility index (Phi) is 3.80. The van der Waals surface area contributed by atoms with Crippen molar-refractivity contribution in [1.82, 2.24) is 15.2 Å². The first-order valence-electron chi connectivity index (χ1n) is 5.87. The van der Waals surface area contributed by atoms with Crippen molar-refractivity contribution in [2.45, 2.75) is 6.42 Å². The van der Waals surface area contributed by atoms with E-state index in [9.17, 15) is 4.79 Å². The fraction of sp³-hybridized carbons (Fsp3) is 0.0769. The summed E-state index contributed by atoms with van der Waals surface area (Å²) >= 11 is 2.76. The van der Waals surface area contributed by atoms with Crippen LogP contribution in [0.5, 0.6) is 0 Å². The molecule has 5 nitrogen and oxygen atoms in total. The highest BCUT2D eigenvalue weighted by Crippen LogP contribution is 2.16. The van der Waals surface area contributed by atoms with Crippen LogP contribution in [0.1, 0.15) is 21.1 Å². The molecule has 3 rings (SSSR count). The van der Waals surface area contributed by atoms with Gasteiger partial charge in [0, 0.05) is 11.8 Å². The quantitative estimate of drug-likeness (QED) is 0.804. The maximum Gasteiger partial charge on any atom is 0.276 e. The van der Waals surface area contributed by atoms with Crippen LogP contribution in [0.3, 0.4) is 0 Å². The number of hydrogen-bond acceptors (Lipinski definition) is 6. The molecule has 0 saturated carbocycles. The number of anilines is 1. The lowest BCUT2D eigenvalue weighted by Crippen LogP contribution is -2.12. The van der Waals surface area contributed by atoms with Gasteiger partial charge in [-0.25, -0.2) is 4.98 Å². The molecular weight excluding hydrogens is 292 g/mol. The minimum absolute atomic E-state index is 0.252. The summed E-state index contributed by atoms with van der Waals surface area (Å²) < 4.78 is 0. The van der Waals surface area contributed by atoms with Gasteiger partial charge in [-0.1, -0.05) is 41.7 Å². The fourth-order valence-corrected chi connectivity index (χ4v) is 2.90. The zero-order valence-electron chi connectivity index (χ0n) is 10.3. The second-order valence-corrected chi connectivity index (χ2v) is 5.76. The van der Waals surface area contributed by atoms with E-state index in [1.165, 1.54) is 28.2 Å². The second-order valence-electron chi connectivity index (χ2n) is 3.99. The minimum atomic E-state index is -0.252. The standard InChI is InChI=1S/C13H10N4OS2/c18-12(16-13-17-14-8-20-13)10-7-19-11(15-10)6-9-4-2-1-3-5-9/h1-5,7-8H,6H2,(H,16,17,18). The van der Waals surface area contributed by atoms with Crippen LogP contribution in [0.25, 0.3) is 0 Å². The molecule has 0 aliphatic rings. The van der Waals surface area contributed by atoms with Crippen molar-refractivity contribution in [3.8, 4) is 0 Å². The number of carbonyl (C=O) groups is 1. The first kappa shape index (κ1) is 12.9. The summed E-state index contributed by atoms with van der Waals surface area (Å²) in [5.41, 5.74) is 3.16. The van der Waals surface area contributed by atoms with Crippen LogP contribution < -0.4 is 5.32 Å². The van der Waals surface area contributed by atoms with Gasteiger partial charge in [-0.2, -0.15) is 0 Å². The van der Waals surface area contributed by atoms with Crippen LogP contribution in [-0.2, 0) is 6.42 Å². The van der Waals surface area contributed by atoms with Crippen molar-refractivity contribution < 1.29 is 4.79 Å². The highest BCUT2D eigenvalue weighted by atomic mass is 32.1. The maximum atomic E-state index is 11.9. The highest BCUT2D eigenvalue weighted by molar-refractivity contribution is 7.13. The Bertz CT molecular complexity index is 694. The molecule has 100 valence electrons. The van der Waals surface area contributed by atoms with E-state index in [1.54, 1.807) is 10.9 Å². The molecule has 0 fully saturated rings. The molecule has 2 heterocycles. The average Bonchev–Trinajstić information content (AvgIpc) is 3.11. The molecule has 0 atom stereocenters. The zero-order valence-corrected chi connectivity index (χ0v) is 11.9. The molecule has 0 spiro atoms. The number of hydrogen-bond donors (Lipinski definition) is 1. The van der Waals surface area contributed by atoms with Gasteiger partial charge < -0.3 is 0 Å². The van der Waals surface area contributed by atoms with Gasteiger partial charge in [0.25, 0.3) is 5.91 Å². The average molecular weight is 302 g/mol. The number of nitrogens with zero attached hydrogens (tertiary/aromatic N) is 3. The monoisotopic (exact) mass is 302 g/mol. The number of carbonyl (C=O) groups excluding carboxylic acids is 1. The lowest BCUT2D eigenvalue weighted by molar-refractivity contribution is 0.102. The topological polar surface area (TPSA) is 67.8 Å². The van der Waals surface area contributed by atoms with E-state index in [0.29, 0.717) is 10.8 Å². The number of amides is 1. The molecule has 0 bridgehead atoms. The summed E-state index contributed by atoms with van der Waals surface area (Å²) in [6, 6.07) is 10.1. The smallest absolute Gasteiger partial charge is 0.276 e. The Labute approximate surface area is 123 Å². The predicted octanol–water partition coefficient (Wildman–Crippen LogP) is 2.84. The molecule has 0 aliphatic carbocycles. The van der Waals surface area contributed by atoms with Gasteiger partial charge in [-0.05, 0) is 5.56 Å². The predicted molar refractivity (Wildman–Crippen MR) is 79.2 cm³/mol. The van der Waals surface area contributed by atoms with Crippen molar-refractivity contribution in [3.05, 3.63) is 57.5 Å². The van der Waals surface area contributed by atoms with Crippen molar-refractivity contribution in [2.75, 3.05) is 5.32 Å². The van der Waals surface area contributed by atoms with Gasteiger partial charge >= 0.3 is 0 Å². The van der Waals surface area contributed by atoms with Crippen LogP contribution in [0.15, 0.2) is 41.2 Å². The zero-order chi connectivity index (χ0) is 13.8. The summed E-state index contributed by atoms with van der Waals surface area (Å²) in [5.74, 6) is -0.252. The number of rotatable bonds is 4. The van der Waals surface area contributed by atoms with Crippen LogP contribution in [0.2, 0.25) is 0 Å². The maximum absolute atomic E-state index is 11.9. The molecule has 1 aromatic carbocycles. The Morgan fingerprint density at radius 3 is 2.80 bits per heavy atom. The van der Waals surface area contributed by atoms with Crippen LogP contribution >= 0.6 is 22.7 Å². The Morgan fingerprint density at radius 2 is 2.05 bits per heavy atom. The minimum Gasteiger partial charge on any atom is -0.295 e. The normalized spacial score (nSPS) is 10.4. The third-order valence-corrected chi connectivity index (χ3v) is 4.02. The summed E-state index contributed by atoms with van der Waals surface area (Å²) in [4.78, 5) is 16.3. The molecule has 0 aliphatic heterocycles. The lowest BCUT2D eigenvalue weighted by Gasteiger charge is -1.97. The van der Waals surface area contributed by atoms with Crippen LogP contribution in [0, 0.1) is 0 Å². The van der Waals surface area contributed by atoms with Gasteiger partial charge in [-0.15, -0.1) is 21.5 Å².